The van der Waals surface area contributed by atoms with Crippen LogP contribution in [-0.2, 0) is 11.2 Å². The number of hydrogen-bond donors (Lipinski definition) is 1. The predicted molar refractivity (Wildman–Crippen MR) is 65.9 cm³/mol. The highest BCUT2D eigenvalue weighted by atomic mass is 16.5. The average Bonchev–Trinajstić information content (AvgIpc) is 2.83. The Morgan fingerprint density at radius 3 is 2.61 bits per heavy atom. The van der Waals surface area contributed by atoms with Crippen molar-refractivity contribution < 1.29 is 14.6 Å². The minimum Gasteiger partial charge on any atom is -0.508 e. The molecule has 1 N–H and O–H groups in total. The molecule has 2 aromatic rings. The molecule has 0 aliphatic heterocycles. The molecule has 0 atom stereocenters. The standard InChI is InChI=1S/C13H14N2O3/c1-3-9-8-12(13(17)18-2)14-15(9)10-4-6-11(16)7-5-10/h4-8,16H,3H2,1-2H3. The fourth-order valence-corrected chi connectivity index (χ4v) is 1.69. The minimum absolute atomic E-state index is 0.192. The van der Waals surface area contributed by atoms with Gasteiger partial charge in [-0.05, 0) is 36.8 Å². The van der Waals surface area contributed by atoms with E-state index in [1.165, 1.54) is 7.11 Å². The molecule has 1 heterocycles. The Morgan fingerprint density at radius 1 is 1.39 bits per heavy atom. The third-order valence-electron chi connectivity index (χ3n) is 2.63. The van der Waals surface area contributed by atoms with Crippen molar-refractivity contribution in [3.05, 3.63) is 41.7 Å². The number of aromatic hydroxyl groups is 1. The molecular weight excluding hydrogens is 232 g/mol. The maximum absolute atomic E-state index is 11.4. The Morgan fingerprint density at radius 2 is 2.06 bits per heavy atom. The summed E-state index contributed by atoms with van der Waals surface area (Å²) in [7, 11) is 1.33. The monoisotopic (exact) mass is 246 g/mol. The summed E-state index contributed by atoms with van der Waals surface area (Å²) < 4.78 is 6.32. The van der Waals surface area contributed by atoms with Crippen LogP contribution in [0.5, 0.6) is 5.75 Å². The van der Waals surface area contributed by atoms with Gasteiger partial charge in [-0.1, -0.05) is 6.92 Å². The van der Waals surface area contributed by atoms with Crippen molar-refractivity contribution >= 4 is 5.97 Å². The number of rotatable bonds is 3. The SMILES string of the molecule is CCc1cc(C(=O)OC)nn1-c1ccc(O)cc1. The molecule has 0 amide bonds. The molecule has 0 bridgehead atoms. The number of nitrogens with zero attached hydrogens (tertiary/aromatic N) is 2. The van der Waals surface area contributed by atoms with Crippen molar-refractivity contribution in [1.82, 2.24) is 9.78 Å². The third-order valence-corrected chi connectivity index (χ3v) is 2.63. The Kier molecular flexibility index (Phi) is 3.32. The number of methoxy groups -OCH3 is 1. The van der Waals surface area contributed by atoms with Crippen molar-refractivity contribution in [3.8, 4) is 11.4 Å². The number of carbonyl (C=O) groups is 1. The van der Waals surface area contributed by atoms with Crippen LogP contribution in [0, 0.1) is 0 Å². The van der Waals surface area contributed by atoms with Gasteiger partial charge in [-0.25, -0.2) is 9.48 Å². The highest BCUT2D eigenvalue weighted by Gasteiger charge is 2.14. The van der Waals surface area contributed by atoms with E-state index in [9.17, 15) is 9.90 Å². The zero-order chi connectivity index (χ0) is 13.1. The predicted octanol–water partition coefficient (Wildman–Crippen LogP) is 1.93. The number of phenols is 1. The summed E-state index contributed by atoms with van der Waals surface area (Å²) in [5, 5.41) is 13.5. The van der Waals surface area contributed by atoms with Crippen LogP contribution in [0.2, 0.25) is 0 Å². The molecule has 0 fully saturated rings. The van der Waals surface area contributed by atoms with Crippen LogP contribution in [0.4, 0.5) is 0 Å². The molecule has 18 heavy (non-hydrogen) atoms. The van der Waals surface area contributed by atoms with Gasteiger partial charge in [0.1, 0.15) is 5.75 Å². The van der Waals surface area contributed by atoms with E-state index in [-0.39, 0.29) is 11.4 Å². The fourth-order valence-electron chi connectivity index (χ4n) is 1.69. The molecule has 5 nitrogen and oxygen atoms in total. The number of hydrogen-bond acceptors (Lipinski definition) is 4. The summed E-state index contributed by atoms with van der Waals surface area (Å²) in [5.41, 5.74) is 1.98. The molecule has 0 aliphatic carbocycles. The highest BCUT2D eigenvalue weighted by molar-refractivity contribution is 5.87. The molecule has 0 spiro atoms. The first-order chi connectivity index (χ1) is 8.65. The van der Waals surface area contributed by atoms with E-state index in [2.05, 4.69) is 9.84 Å². The smallest absolute Gasteiger partial charge is 0.358 e. The Balaban J connectivity index is 2.46. The number of esters is 1. The lowest BCUT2D eigenvalue weighted by atomic mass is 10.2. The highest BCUT2D eigenvalue weighted by Crippen LogP contribution is 2.17. The van der Waals surface area contributed by atoms with E-state index in [4.69, 9.17) is 0 Å². The van der Waals surface area contributed by atoms with Crippen LogP contribution in [0.15, 0.2) is 30.3 Å². The van der Waals surface area contributed by atoms with E-state index in [0.717, 1.165) is 17.8 Å². The van der Waals surface area contributed by atoms with Gasteiger partial charge in [0.15, 0.2) is 5.69 Å². The van der Waals surface area contributed by atoms with E-state index in [1.54, 1.807) is 35.0 Å². The molecule has 0 aliphatic rings. The van der Waals surface area contributed by atoms with E-state index >= 15 is 0 Å². The van der Waals surface area contributed by atoms with Gasteiger partial charge in [0, 0.05) is 5.69 Å². The van der Waals surface area contributed by atoms with Crippen molar-refractivity contribution in [1.29, 1.82) is 0 Å². The lowest BCUT2D eigenvalue weighted by molar-refractivity contribution is 0.0593. The summed E-state index contributed by atoms with van der Waals surface area (Å²) >= 11 is 0. The molecule has 1 aromatic carbocycles. The first-order valence-corrected chi connectivity index (χ1v) is 5.62. The van der Waals surface area contributed by atoms with Gasteiger partial charge in [0.2, 0.25) is 0 Å². The van der Waals surface area contributed by atoms with Crippen molar-refractivity contribution in [2.45, 2.75) is 13.3 Å². The third kappa shape index (κ3) is 2.20. The first kappa shape index (κ1) is 12.2. The van der Waals surface area contributed by atoms with Crippen molar-refractivity contribution in [2.24, 2.45) is 0 Å². The van der Waals surface area contributed by atoms with Gasteiger partial charge < -0.3 is 9.84 Å². The topological polar surface area (TPSA) is 64.3 Å². The van der Waals surface area contributed by atoms with Crippen LogP contribution in [-0.4, -0.2) is 28.0 Å². The van der Waals surface area contributed by atoms with Gasteiger partial charge in [-0.15, -0.1) is 0 Å². The Bertz CT molecular complexity index is 558. The fraction of sp³-hybridized carbons (Fsp3) is 0.231. The number of carbonyl (C=O) groups excluding carboxylic acids is 1. The normalized spacial score (nSPS) is 10.3. The molecule has 1 aromatic heterocycles. The molecular formula is C13H14N2O3. The van der Waals surface area contributed by atoms with Gasteiger partial charge in [0.05, 0.1) is 12.8 Å². The molecule has 0 unspecified atom stereocenters. The molecule has 0 saturated carbocycles. The van der Waals surface area contributed by atoms with Gasteiger partial charge in [-0.3, -0.25) is 0 Å². The van der Waals surface area contributed by atoms with Gasteiger partial charge >= 0.3 is 5.97 Å². The van der Waals surface area contributed by atoms with Crippen LogP contribution >= 0.6 is 0 Å². The first-order valence-electron chi connectivity index (χ1n) is 5.62. The molecule has 2 rings (SSSR count). The van der Waals surface area contributed by atoms with Gasteiger partial charge in [-0.2, -0.15) is 5.10 Å². The van der Waals surface area contributed by atoms with Crippen LogP contribution in [0.25, 0.3) is 5.69 Å². The minimum atomic E-state index is -0.456. The Labute approximate surface area is 105 Å². The number of benzene rings is 1. The van der Waals surface area contributed by atoms with Gasteiger partial charge in [0.25, 0.3) is 0 Å². The summed E-state index contributed by atoms with van der Waals surface area (Å²) in [5.74, 6) is -0.264. The maximum Gasteiger partial charge on any atom is 0.358 e. The zero-order valence-corrected chi connectivity index (χ0v) is 10.3. The second-order valence-electron chi connectivity index (χ2n) is 3.79. The zero-order valence-electron chi connectivity index (χ0n) is 10.3. The number of aromatic nitrogens is 2. The summed E-state index contributed by atoms with van der Waals surface area (Å²) in [6.07, 6.45) is 0.741. The summed E-state index contributed by atoms with van der Waals surface area (Å²) in [6, 6.07) is 8.34. The number of aryl methyl sites for hydroxylation is 1. The molecule has 0 radical (unpaired) electrons. The maximum atomic E-state index is 11.4. The lowest BCUT2D eigenvalue weighted by Gasteiger charge is -2.05. The van der Waals surface area contributed by atoms with Crippen LogP contribution in [0.1, 0.15) is 23.1 Å². The van der Waals surface area contributed by atoms with Crippen LogP contribution < -0.4 is 0 Å². The average molecular weight is 246 g/mol. The summed E-state index contributed by atoms with van der Waals surface area (Å²) in [4.78, 5) is 11.4. The van der Waals surface area contributed by atoms with E-state index < -0.39 is 5.97 Å². The van der Waals surface area contributed by atoms with E-state index in [1.807, 2.05) is 6.92 Å². The molecule has 0 saturated heterocycles. The summed E-state index contributed by atoms with van der Waals surface area (Å²) in [6.45, 7) is 1.98. The molecule has 94 valence electrons. The lowest BCUT2D eigenvalue weighted by Crippen LogP contribution is -2.04. The quantitative estimate of drug-likeness (QED) is 0.840. The van der Waals surface area contributed by atoms with Crippen molar-refractivity contribution in [3.63, 3.8) is 0 Å². The second-order valence-corrected chi connectivity index (χ2v) is 3.79. The van der Waals surface area contributed by atoms with E-state index in [0.29, 0.717) is 0 Å². The number of ether oxygens (including phenoxy) is 1. The van der Waals surface area contributed by atoms with Crippen LogP contribution in [0.3, 0.4) is 0 Å². The second kappa shape index (κ2) is 4.91. The molecule has 5 heteroatoms. The Hall–Kier alpha value is -2.30. The largest absolute Gasteiger partial charge is 0.508 e. The van der Waals surface area contributed by atoms with Crippen molar-refractivity contribution in [2.75, 3.05) is 7.11 Å². The number of phenolic OH excluding ortho intramolecular Hbond substituents is 1.